The fourth-order valence-corrected chi connectivity index (χ4v) is 2.02. The molecule has 1 heterocycles. The zero-order valence-corrected chi connectivity index (χ0v) is 10.7. The van der Waals surface area contributed by atoms with Gasteiger partial charge < -0.3 is 10.2 Å². The highest BCUT2D eigenvalue weighted by atomic mass is 16.3. The number of hydrogen-bond acceptors (Lipinski definition) is 2. The van der Waals surface area contributed by atoms with E-state index in [1.165, 1.54) is 11.1 Å². The van der Waals surface area contributed by atoms with Gasteiger partial charge in [-0.25, -0.2) is 0 Å². The number of furan rings is 1. The van der Waals surface area contributed by atoms with E-state index in [0.717, 1.165) is 23.5 Å². The van der Waals surface area contributed by atoms with Crippen molar-refractivity contribution in [2.24, 2.45) is 5.73 Å². The first-order valence-electron chi connectivity index (χ1n) is 6.03. The molecule has 90 valence electrons. The summed E-state index contributed by atoms with van der Waals surface area (Å²) in [5, 5.41) is 0. The van der Waals surface area contributed by atoms with E-state index in [1.54, 1.807) is 0 Å². The quantitative estimate of drug-likeness (QED) is 0.874. The average Bonchev–Trinajstić information content (AvgIpc) is 2.80. The van der Waals surface area contributed by atoms with Crippen LogP contribution in [0.1, 0.15) is 41.2 Å². The van der Waals surface area contributed by atoms with E-state index < -0.39 is 0 Å². The lowest BCUT2D eigenvalue weighted by molar-refractivity contribution is 0.453. The number of nitrogens with two attached hydrogens (primary N) is 1. The van der Waals surface area contributed by atoms with Crippen LogP contribution in [0.25, 0.3) is 0 Å². The number of hydrogen-bond donors (Lipinski definition) is 1. The standard InChI is InChI=1S/C15H19NO/c1-4-12-8-9-14(17-12)15(16)13-7-5-6-10(2)11(13)3/h5-9,15H,4,16H2,1-3H3. The molecule has 2 nitrogen and oxygen atoms in total. The zero-order valence-electron chi connectivity index (χ0n) is 10.7. The van der Waals surface area contributed by atoms with Crippen molar-refractivity contribution in [2.75, 3.05) is 0 Å². The molecule has 17 heavy (non-hydrogen) atoms. The van der Waals surface area contributed by atoms with Crippen LogP contribution < -0.4 is 5.73 Å². The lowest BCUT2D eigenvalue weighted by atomic mass is 9.97. The fraction of sp³-hybridized carbons (Fsp3) is 0.333. The highest BCUT2D eigenvalue weighted by molar-refractivity contribution is 5.38. The van der Waals surface area contributed by atoms with Gasteiger partial charge in [0, 0.05) is 6.42 Å². The Morgan fingerprint density at radius 3 is 2.59 bits per heavy atom. The maximum Gasteiger partial charge on any atom is 0.125 e. The molecule has 0 aliphatic carbocycles. The molecular weight excluding hydrogens is 210 g/mol. The van der Waals surface area contributed by atoms with Crippen LogP contribution in [0.4, 0.5) is 0 Å². The topological polar surface area (TPSA) is 39.2 Å². The second-order valence-corrected chi connectivity index (χ2v) is 4.42. The first-order chi connectivity index (χ1) is 8.13. The third-order valence-corrected chi connectivity index (χ3v) is 3.32. The smallest absolute Gasteiger partial charge is 0.125 e. The Morgan fingerprint density at radius 1 is 1.18 bits per heavy atom. The van der Waals surface area contributed by atoms with Crippen LogP contribution in [0.2, 0.25) is 0 Å². The Morgan fingerprint density at radius 2 is 1.94 bits per heavy atom. The van der Waals surface area contributed by atoms with E-state index in [4.69, 9.17) is 10.2 Å². The number of rotatable bonds is 3. The van der Waals surface area contributed by atoms with Gasteiger partial charge in [-0.05, 0) is 42.7 Å². The van der Waals surface area contributed by atoms with Crippen LogP contribution in [0.15, 0.2) is 34.7 Å². The summed E-state index contributed by atoms with van der Waals surface area (Å²) in [7, 11) is 0. The van der Waals surface area contributed by atoms with E-state index in [-0.39, 0.29) is 6.04 Å². The van der Waals surface area contributed by atoms with Crippen molar-refractivity contribution in [3.63, 3.8) is 0 Å². The lowest BCUT2D eigenvalue weighted by Gasteiger charge is -2.14. The second-order valence-electron chi connectivity index (χ2n) is 4.42. The molecule has 0 amide bonds. The van der Waals surface area contributed by atoms with E-state index in [1.807, 2.05) is 18.2 Å². The Kier molecular flexibility index (Phi) is 3.34. The molecule has 0 fully saturated rings. The maximum absolute atomic E-state index is 6.26. The minimum atomic E-state index is -0.171. The van der Waals surface area contributed by atoms with Crippen molar-refractivity contribution < 1.29 is 4.42 Å². The molecule has 1 unspecified atom stereocenters. The first-order valence-corrected chi connectivity index (χ1v) is 6.03. The van der Waals surface area contributed by atoms with Gasteiger partial charge in [0.1, 0.15) is 11.5 Å². The van der Waals surface area contributed by atoms with Crippen LogP contribution in [0, 0.1) is 13.8 Å². The molecule has 0 saturated heterocycles. The van der Waals surface area contributed by atoms with Crippen LogP contribution >= 0.6 is 0 Å². The molecule has 2 aromatic rings. The summed E-state index contributed by atoms with van der Waals surface area (Å²) in [5.41, 5.74) is 9.91. The van der Waals surface area contributed by atoms with E-state index in [9.17, 15) is 0 Å². The minimum Gasteiger partial charge on any atom is -0.464 e. The summed E-state index contributed by atoms with van der Waals surface area (Å²) in [6.45, 7) is 6.28. The molecule has 2 rings (SSSR count). The minimum absolute atomic E-state index is 0.171. The van der Waals surface area contributed by atoms with Gasteiger partial charge >= 0.3 is 0 Å². The monoisotopic (exact) mass is 229 g/mol. The van der Waals surface area contributed by atoms with Gasteiger partial charge in [-0.15, -0.1) is 0 Å². The molecule has 0 saturated carbocycles. The van der Waals surface area contributed by atoms with Gasteiger partial charge in [0.15, 0.2) is 0 Å². The van der Waals surface area contributed by atoms with Crippen molar-refractivity contribution in [1.82, 2.24) is 0 Å². The van der Waals surface area contributed by atoms with Crippen molar-refractivity contribution in [2.45, 2.75) is 33.2 Å². The Labute approximate surface area is 102 Å². The SMILES string of the molecule is CCc1ccc(C(N)c2cccc(C)c2C)o1. The highest BCUT2D eigenvalue weighted by Crippen LogP contribution is 2.25. The molecule has 2 heteroatoms. The second kappa shape index (κ2) is 4.76. The van der Waals surface area contributed by atoms with Gasteiger partial charge in [0.2, 0.25) is 0 Å². The van der Waals surface area contributed by atoms with Crippen LogP contribution in [0.3, 0.4) is 0 Å². The van der Waals surface area contributed by atoms with E-state index in [0.29, 0.717) is 0 Å². The average molecular weight is 229 g/mol. The molecule has 0 spiro atoms. The predicted octanol–water partition coefficient (Wildman–Crippen LogP) is 3.51. The third-order valence-electron chi connectivity index (χ3n) is 3.32. The van der Waals surface area contributed by atoms with Crippen LogP contribution in [-0.4, -0.2) is 0 Å². The van der Waals surface area contributed by atoms with Gasteiger partial charge in [-0.1, -0.05) is 25.1 Å². The van der Waals surface area contributed by atoms with Crippen LogP contribution in [-0.2, 0) is 6.42 Å². The van der Waals surface area contributed by atoms with E-state index in [2.05, 4.69) is 32.9 Å². The van der Waals surface area contributed by atoms with Crippen molar-refractivity contribution in [3.05, 3.63) is 58.5 Å². The van der Waals surface area contributed by atoms with Gasteiger partial charge in [-0.3, -0.25) is 0 Å². The molecule has 1 aromatic carbocycles. The Hall–Kier alpha value is -1.54. The van der Waals surface area contributed by atoms with Crippen molar-refractivity contribution in [1.29, 1.82) is 0 Å². The summed E-state index contributed by atoms with van der Waals surface area (Å²) >= 11 is 0. The molecule has 2 N–H and O–H groups in total. The van der Waals surface area contributed by atoms with E-state index >= 15 is 0 Å². The molecular formula is C15H19NO. The summed E-state index contributed by atoms with van der Waals surface area (Å²) in [6.07, 6.45) is 0.902. The number of aryl methyl sites for hydroxylation is 2. The predicted molar refractivity (Wildman–Crippen MR) is 70.0 cm³/mol. The van der Waals surface area contributed by atoms with Crippen LogP contribution in [0.5, 0.6) is 0 Å². The third kappa shape index (κ3) is 2.27. The molecule has 0 bridgehead atoms. The lowest BCUT2D eigenvalue weighted by Crippen LogP contribution is -2.12. The number of benzene rings is 1. The summed E-state index contributed by atoms with van der Waals surface area (Å²) in [4.78, 5) is 0. The molecule has 0 radical (unpaired) electrons. The maximum atomic E-state index is 6.26. The normalized spacial score (nSPS) is 12.7. The summed E-state index contributed by atoms with van der Waals surface area (Å²) < 4.78 is 5.72. The summed E-state index contributed by atoms with van der Waals surface area (Å²) in [5.74, 6) is 1.83. The molecule has 1 aromatic heterocycles. The molecule has 0 aliphatic heterocycles. The largest absolute Gasteiger partial charge is 0.464 e. The van der Waals surface area contributed by atoms with Gasteiger partial charge in [-0.2, -0.15) is 0 Å². The highest BCUT2D eigenvalue weighted by Gasteiger charge is 2.15. The molecule has 0 aliphatic rings. The van der Waals surface area contributed by atoms with Gasteiger partial charge in [0.25, 0.3) is 0 Å². The summed E-state index contributed by atoms with van der Waals surface area (Å²) in [6, 6.07) is 10.0. The Balaban J connectivity index is 2.36. The zero-order chi connectivity index (χ0) is 12.4. The molecule has 1 atom stereocenters. The van der Waals surface area contributed by atoms with Crippen molar-refractivity contribution in [3.8, 4) is 0 Å². The first kappa shape index (κ1) is 11.9. The Bertz CT molecular complexity index is 513. The fourth-order valence-electron chi connectivity index (χ4n) is 2.02. The van der Waals surface area contributed by atoms with Gasteiger partial charge in [0.05, 0.1) is 6.04 Å². The van der Waals surface area contributed by atoms with Crippen molar-refractivity contribution >= 4 is 0 Å².